The molecule has 3 N–H and O–H groups in total. The lowest BCUT2D eigenvalue weighted by molar-refractivity contribution is -0.272. The first kappa shape index (κ1) is 27.9. The molecule has 12 heteroatoms. The van der Waals surface area contributed by atoms with Crippen LogP contribution in [0.25, 0.3) is 0 Å². The number of alkyl halides is 3. The molecule has 1 aromatic heterocycles. The van der Waals surface area contributed by atoms with Gasteiger partial charge in [0, 0.05) is 39.0 Å². The highest BCUT2D eigenvalue weighted by Crippen LogP contribution is 2.40. The van der Waals surface area contributed by atoms with Crippen LogP contribution in [0.5, 0.6) is 5.75 Å². The molecule has 0 amide bonds. The summed E-state index contributed by atoms with van der Waals surface area (Å²) in [7, 11) is 2.74. The molecule has 2 atom stereocenters. The van der Waals surface area contributed by atoms with Crippen LogP contribution in [0.2, 0.25) is 0 Å². The van der Waals surface area contributed by atoms with E-state index in [-0.39, 0.29) is 42.2 Å². The number of ether oxygens (including phenoxy) is 1. The van der Waals surface area contributed by atoms with Crippen molar-refractivity contribution in [3.63, 3.8) is 0 Å². The van der Waals surface area contributed by atoms with Gasteiger partial charge < -0.3 is 25.0 Å². The highest BCUT2D eigenvalue weighted by atomic mass is 127. The van der Waals surface area contributed by atoms with Crippen LogP contribution in [0.1, 0.15) is 37.7 Å². The van der Waals surface area contributed by atoms with E-state index in [2.05, 4.69) is 20.6 Å². The van der Waals surface area contributed by atoms with Gasteiger partial charge in [-0.3, -0.25) is 4.99 Å². The number of guanidine groups is 1. The minimum Gasteiger partial charge on any atom is -0.494 e. The van der Waals surface area contributed by atoms with Gasteiger partial charge in [-0.15, -0.1) is 24.0 Å². The Bertz CT molecular complexity index is 906. The van der Waals surface area contributed by atoms with Crippen molar-refractivity contribution in [2.24, 2.45) is 12.0 Å². The summed E-state index contributed by atoms with van der Waals surface area (Å²) in [4.78, 5) is 7.82. The molecule has 0 aliphatic carbocycles. The third-order valence-electron chi connectivity index (χ3n) is 4.78. The summed E-state index contributed by atoms with van der Waals surface area (Å²) in [5, 5.41) is 16.3. The minimum atomic E-state index is -4.93. The van der Waals surface area contributed by atoms with E-state index < -0.39 is 35.9 Å². The maximum Gasteiger partial charge on any atom is 0.424 e. The standard InChI is InChI=1S/C20H27F4N5O2.HI/c1-5-25-18(28-13(2)14-6-7-16(31-4)15(21)12-14)27-9-8-19(30,20(22,23)24)17-26-10-11-29(17)3;/h6-7,10-13,30H,5,8-9H2,1-4H3,(H2,25,27,28);1H. The Morgan fingerprint density at radius 1 is 1.34 bits per heavy atom. The number of hydrogen-bond donors (Lipinski definition) is 3. The maximum atomic E-state index is 14.0. The first-order valence-electron chi connectivity index (χ1n) is 9.68. The quantitative estimate of drug-likeness (QED) is 0.195. The number of hydrogen-bond acceptors (Lipinski definition) is 4. The summed E-state index contributed by atoms with van der Waals surface area (Å²) in [6.45, 7) is 3.68. The third-order valence-corrected chi connectivity index (χ3v) is 4.78. The summed E-state index contributed by atoms with van der Waals surface area (Å²) < 4.78 is 60.9. The summed E-state index contributed by atoms with van der Waals surface area (Å²) in [5.74, 6) is -0.691. The predicted octanol–water partition coefficient (Wildman–Crippen LogP) is 3.64. The van der Waals surface area contributed by atoms with Crippen LogP contribution in [0, 0.1) is 5.82 Å². The lowest BCUT2D eigenvalue weighted by atomic mass is 9.98. The summed E-state index contributed by atoms with van der Waals surface area (Å²) >= 11 is 0. The lowest BCUT2D eigenvalue weighted by Gasteiger charge is -2.29. The number of benzene rings is 1. The van der Waals surface area contributed by atoms with Crippen LogP contribution in [0.15, 0.2) is 35.6 Å². The topological polar surface area (TPSA) is 83.7 Å². The van der Waals surface area contributed by atoms with Crippen molar-refractivity contribution in [2.75, 3.05) is 20.2 Å². The Balaban J connectivity index is 0.00000512. The highest BCUT2D eigenvalue weighted by Gasteiger charge is 2.57. The first-order chi connectivity index (χ1) is 14.5. The SMILES string of the molecule is CCNC(=NCCC(O)(c1nccn1C)C(F)(F)F)NC(C)c1ccc(OC)c(F)c1.I. The van der Waals surface area contributed by atoms with Gasteiger partial charge in [0.2, 0.25) is 5.60 Å². The Labute approximate surface area is 201 Å². The molecule has 0 aliphatic heterocycles. The molecule has 2 aromatic rings. The van der Waals surface area contributed by atoms with Gasteiger partial charge in [0.25, 0.3) is 0 Å². The number of nitrogens with one attached hydrogen (secondary N) is 2. The monoisotopic (exact) mass is 573 g/mol. The zero-order valence-corrected chi connectivity index (χ0v) is 20.5. The molecule has 0 saturated heterocycles. The molecular weight excluding hydrogens is 545 g/mol. The number of halogens is 5. The van der Waals surface area contributed by atoms with Gasteiger partial charge in [0.15, 0.2) is 17.5 Å². The number of nitrogens with zero attached hydrogens (tertiary/aromatic N) is 3. The lowest BCUT2D eigenvalue weighted by Crippen LogP contribution is -2.45. The van der Waals surface area contributed by atoms with Crippen molar-refractivity contribution in [3.05, 3.63) is 47.8 Å². The van der Waals surface area contributed by atoms with E-state index in [0.717, 1.165) is 4.57 Å². The normalized spacial score (nSPS) is 14.8. The van der Waals surface area contributed by atoms with Crippen molar-refractivity contribution in [2.45, 2.75) is 38.1 Å². The molecule has 0 spiro atoms. The Morgan fingerprint density at radius 2 is 2.03 bits per heavy atom. The molecule has 0 saturated carbocycles. The van der Waals surface area contributed by atoms with Crippen LogP contribution < -0.4 is 15.4 Å². The number of aryl methyl sites for hydroxylation is 1. The molecule has 0 radical (unpaired) electrons. The fourth-order valence-electron chi connectivity index (χ4n) is 3.03. The van der Waals surface area contributed by atoms with Gasteiger partial charge in [-0.1, -0.05) is 6.07 Å². The molecule has 2 rings (SSSR count). The van der Waals surface area contributed by atoms with Gasteiger partial charge in [-0.2, -0.15) is 13.2 Å². The molecule has 0 fully saturated rings. The molecule has 2 unspecified atom stereocenters. The molecule has 180 valence electrons. The van der Waals surface area contributed by atoms with E-state index in [4.69, 9.17) is 4.74 Å². The highest BCUT2D eigenvalue weighted by molar-refractivity contribution is 14.0. The van der Waals surface area contributed by atoms with Gasteiger partial charge in [-0.25, -0.2) is 9.37 Å². The number of aromatic nitrogens is 2. The molecule has 1 heterocycles. The number of methoxy groups -OCH3 is 1. The minimum absolute atomic E-state index is 0. The van der Waals surface area contributed by atoms with Gasteiger partial charge in [-0.05, 0) is 31.5 Å². The maximum absolute atomic E-state index is 14.0. The second-order valence-electron chi connectivity index (χ2n) is 6.99. The van der Waals surface area contributed by atoms with Crippen LogP contribution in [0.3, 0.4) is 0 Å². The molecule has 0 bridgehead atoms. The summed E-state index contributed by atoms with van der Waals surface area (Å²) in [6, 6.07) is 4.08. The third kappa shape index (κ3) is 6.47. The van der Waals surface area contributed by atoms with Crippen LogP contribution in [0.4, 0.5) is 17.6 Å². The fraction of sp³-hybridized carbons (Fsp3) is 0.500. The molecule has 32 heavy (non-hydrogen) atoms. The molecule has 0 aliphatic rings. The Morgan fingerprint density at radius 3 is 2.53 bits per heavy atom. The Hall–Kier alpha value is -2.09. The number of rotatable bonds is 8. The average Bonchev–Trinajstić information content (AvgIpc) is 3.13. The van der Waals surface area contributed by atoms with E-state index >= 15 is 0 Å². The fourth-order valence-corrected chi connectivity index (χ4v) is 3.03. The predicted molar refractivity (Wildman–Crippen MR) is 124 cm³/mol. The van der Waals surface area contributed by atoms with E-state index in [9.17, 15) is 22.7 Å². The number of aliphatic imine (C=N–C) groups is 1. The van der Waals surface area contributed by atoms with E-state index in [1.807, 2.05) is 0 Å². The van der Waals surface area contributed by atoms with Gasteiger partial charge >= 0.3 is 6.18 Å². The van der Waals surface area contributed by atoms with Crippen molar-refractivity contribution in [1.29, 1.82) is 0 Å². The van der Waals surface area contributed by atoms with Crippen LogP contribution >= 0.6 is 24.0 Å². The smallest absolute Gasteiger partial charge is 0.424 e. The molecule has 7 nitrogen and oxygen atoms in total. The second kappa shape index (κ2) is 11.7. The van der Waals surface area contributed by atoms with E-state index in [1.165, 1.54) is 38.7 Å². The zero-order valence-electron chi connectivity index (χ0n) is 18.2. The van der Waals surface area contributed by atoms with E-state index in [0.29, 0.717) is 12.1 Å². The molecule has 1 aromatic carbocycles. The van der Waals surface area contributed by atoms with Crippen molar-refractivity contribution in [3.8, 4) is 5.75 Å². The van der Waals surface area contributed by atoms with Gasteiger partial charge in [0.1, 0.15) is 5.82 Å². The second-order valence-corrected chi connectivity index (χ2v) is 6.99. The molecular formula is C20H28F4IN5O2. The summed E-state index contributed by atoms with van der Waals surface area (Å²) in [6.07, 6.45) is -3.13. The van der Waals surface area contributed by atoms with Crippen molar-refractivity contribution in [1.82, 2.24) is 20.2 Å². The zero-order chi connectivity index (χ0) is 23.2. The Kier molecular flexibility index (Phi) is 10.2. The number of imidazole rings is 1. The van der Waals surface area contributed by atoms with E-state index in [1.54, 1.807) is 19.9 Å². The van der Waals surface area contributed by atoms with Crippen molar-refractivity contribution >= 4 is 29.9 Å². The van der Waals surface area contributed by atoms with Crippen LogP contribution in [-0.2, 0) is 12.6 Å². The van der Waals surface area contributed by atoms with Crippen molar-refractivity contribution < 1.29 is 27.4 Å². The largest absolute Gasteiger partial charge is 0.494 e. The first-order valence-corrected chi connectivity index (χ1v) is 9.68. The summed E-state index contributed by atoms with van der Waals surface area (Å²) in [5.41, 5.74) is -2.54. The number of aliphatic hydroxyl groups is 1. The van der Waals surface area contributed by atoms with Crippen LogP contribution in [-0.4, -0.2) is 47.0 Å². The van der Waals surface area contributed by atoms with Gasteiger partial charge in [0.05, 0.1) is 13.2 Å². The average molecular weight is 573 g/mol.